The molecule has 41 heteroatoms. The molecule has 91 heavy (non-hydrogen) atoms. The van der Waals surface area contributed by atoms with Crippen LogP contribution in [0.4, 0.5) is 0 Å². The van der Waals surface area contributed by atoms with E-state index >= 15 is 0 Å². The number of aliphatic carboxylic acids is 3. The molecule has 0 aliphatic heterocycles. The summed E-state index contributed by atoms with van der Waals surface area (Å²) in [6.45, 7) is -3.77. The Balaban J connectivity index is 7.17. The molecular weight excluding hydrogens is 1270 g/mol. The summed E-state index contributed by atoms with van der Waals surface area (Å²) < 4.78 is 5.15. The summed E-state index contributed by atoms with van der Waals surface area (Å²) in [5.74, 6) is -14.4. The number of carboxylic acids is 3. The fourth-order valence-corrected chi connectivity index (χ4v) is 9.87. The van der Waals surface area contributed by atoms with Crippen LogP contribution in [-0.2, 0) is 57.5 Å². The Labute approximate surface area is 527 Å². The first-order chi connectivity index (χ1) is 42.6. The van der Waals surface area contributed by atoms with Gasteiger partial charge in [0, 0.05) is 70.4 Å². The van der Waals surface area contributed by atoms with Crippen LogP contribution in [-0.4, -0.2) is 331 Å². The molecule has 8 amide bonds. The second-order valence-electron chi connectivity index (χ2n) is 20.7. The Bertz CT molecular complexity index is 2290. The lowest BCUT2D eigenvalue weighted by Gasteiger charge is -2.27. The van der Waals surface area contributed by atoms with Crippen LogP contribution in [0.1, 0.15) is 71.1 Å². The van der Waals surface area contributed by atoms with Gasteiger partial charge in [0.05, 0.1) is 50.3 Å². The van der Waals surface area contributed by atoms with E-state index in [-0.39, 0.29) is 11.9 Å². The smallest absolute Gasteiger partial charge is 0.327 e. The highest BCUT2D eigenvalue weighted by Crippen LogP contribution is 2.24. The maximum Gasteiger partial charge on any atom is 0.327 e. The second kappa shape index (κ2) is 45.5. The highest BCUT2D eigenvalue weighted by atomic mass is 33.1. The Morgan fingerprint density at radius 2 is 0.648 bits per heavy atom. The predicted molar refractivity (Wildman–Crippen MR) is 310 cm³/mol. The van der Waals surface area contributed by atoms with Gasteiger partial charge in [-0.1, -0.05) is 21.6 Å². The minimum absolute atomic E-state index is 0.273. The molecule has 0 aliphatic carbocycles. The summed E-state index contributed by atoms with van der Waals surface area (Å²) in [4.78, 5) is 145. The molecule has 526 valence electrons. The third kappa shape index (κ3) is 34.1. The highest BCUT2D eigenvalue weighted by molar-refractivity contribution is 8.76. The number of aliphatic hydroxyl groups excluding tert-OH is 15. The summed E-state index contributed by atoms with van der Waals surface area (Å²) in [6.07, 6.45) is -32.2. The molecule has 0 radical (unpaired) electrons. The van der Waals surface area contributed by atoms with E-state index in [1.807, 2.05) is 0 Å². The maximum absolute atomic E-state index is 14.3. The molecule has 0 aromatic rings. The third-order valence-electron chi connectivity index (χ3n) is 13.3. The van der Waals surface area contributed by atoms with Crippen molar-refractivity contribution in [2.45, 2.75) is 187 Å². The number of carboxylic acid groups (broad SMARTS) is 3. The number of amides is 8. The third-order valence-corrected chi connectivity index (χ3v) is 15.9. The fraction of sp³-hybridized carbons (Fsp3) is 0.780. The number of nitrogens with one attached hydrogen (secondary N) is 8. The van der Waals surface area contributed by atoms with Gasteiger partial charge in [-0.2, -0.15) is 0 Å². The van der Waals surface area contributed by atoms with Gasteiger partial charge in [0.25, 0.3) is 0 Å². The van der Waals surface area contributed by atoms with Crippen molar-refractivity contribution in [1.82, 2.24) is 42.5 Å². The zero-order chi connectivity index (χ0) is 69.8. The first-order valence-corrected chi connectivity index (χ1v) is 30.6. The molecule has 0 fully saturated rings. The largest absolute Gasteiger partial charge is 0.481 e. The Morgan fingerprint density at radius 3 is 0.934 bits per heavy atom. The molecule has 0 aromatic carbocycles. The maximum atomic E-state index is 14.3. The highest BCUT2D eigenvalue weighted by Gasteiger charge is 2.37. The lowest BCUT2D eigenvalue weighted by Crippen LogP contribution is -2.59. The van der Waals surface area contributed by atoms with E-state index in [1.54, 1.807) is 6.92 Å². The van der Waals surface area contributed by atoms with Gasteiger partial charge in [-0.15, -0.1) is 0 Å². The number of carbonyl (C=O) groups is 11. The van der Waals surface area contributed by atoms with Crippen molar-refractivity contribution in [3.63, 3.8) is 0 Å². The van der Waals surface area contributed by atoms with Crippen LogP contribution < -0.4 is 48.3 Å². The zero-order valence-corrected chi connectivity index (χ0v) is 51.2. The molecule has 39 nitrogen and oxygen atoms in total. The number of nitrogens with two attached hydrogens (primary N) is 1. The molecule has 0 heterocycles. The van der Waals surface area contributed by atoms with Crippen molar-refractivity contribution in [3.05, 3.63) is 0 Å². The van der Waals surface area contributed by atoms with Gasteiger partial charge in [-0.25, -0.2) is 4.79 Å². The van der Waals surface area contributed by atoms with Gasteiger partial charge >= 0.3 is 17.9 Å². The summed E-state index contributed by atoms with van der Waals surface area (Å²) in [6, 6.07) is -11.4. The summed E-state index contributed by atoms with van der Waals surface area (Å²) in [5, 5.41) is 193. The van der Waals surface area contributed by atoms with Crippen LogP contribution >= 0.6 is 21.6 Å². The van der Waals surface area contributed by atoms with E-state index in [2.05, 4.69) is 42.5 Å². The van der Waals surface area contributed by atoms with E-state index in [9.17, 15) is 129 Å². The average Bonchev–Trinajstić information content (AvgIpc) is 3.07. The van der Waals surface area contributed by atoms with Gasteiger partial charge in [0.2, 0.25) is 47.3 Å². The van der Waals surface area contributed by atoms with E-state index in [0.29, 0.717) is 5.75 Å². The summed E-state index contributed by atoms with van der Waals surface area (Å²) >= 11 is 0. The number of rotatable bonds is 50. The van der Waals surface area contributed by atoms with E-state index < -0.39 is 278 Å². The van der Waals surface area contributed by atoms with Crippen molar-refractivity contribution in [2.75, 3.05) is 58.1 Å². The zero-order valence-electron chi connectivity index (χ0n) is 49.5. The molecule has 0 saturated heterocycles. The molecule has 0 saturated carbocycles. The monoisotopic (exact) mass is 1360 g/mol. The number of methoxy groups -OCH3 is 1. The van der Waals surface area contributed by atoms with Crippen LogP contribution in [0, 0.1) is 0 Å². The molecule has 19 unspecified atom stereocenters. The average molecular weight is 1360 g/mol. The topological polar surface area (TPSA) is 683 Å². The first kappa shape index (κ1) is 85.2. The number of ether oxygens (including phenoxy) is 1. The fourth-order valence-electron chi connectivity index (χ4n) is 7.42. The van der Waals surface area contributed by atoms with Gasteiger partial charge in [0.15, 0.2) is 0 Å². The molecule has 0 aliphatic rings. The van der Waals surface area contributed by atoms with Crippen LogP contribution in [0.25, 0.3) is 0 Å². The molecule has 0 bridgehead atoms. The van der Waals surface area contributed by atoms with Crippen LogP contribution in [0.2, 0.25) is 0 Å². The molecule has 28 N–H and O–H groups in total. The minimum atomic E-state index is -2.17. The van der Waals surface area contributed by atoms with Crippen LogP contribution in [0.3, 0.4) is 0 Å². The minimum Gasteiger partial charge on any atom is -0.481 e. The molecule has 19 atom stereocenters. The predicted octanol–water partition coefficient (Wildman–Crippen LogP) is -13.0. The molecule has 0 rings (SSSR count). The SMILES string of the molecule is COC(C)CSSCC(NC(=O)C(CCC(=O)NCC(O)C(O)C(O)C(O)CO)NC(=O)C(CCC(=O)O)NC(=O)C(CCC(=O)NCC(O)C(O)C(O)C(O)CO)NC(=O)C(CCC(=O)O)NC(=O)C(N)CCC(=O)NCC(O)C(O)C(O)C(O)CO)C(=O)O. The Morgan fingerprint density at radius 1 is 0.385 bits per heavy atom. The Hall–Kier alpha value is -5.81. The van der Waals surface area contributed by atoms with Crippen molar-refractivity contribution in [2.24, 2.45) is 5.73 Å². The van der Waals surface area contributed by atoms with Gasteiger partial charge in [-0.3, -0.25) is 47.9 Å². The standard InChI is InChI=1S/C50H89N9O30S2/c1-21(89-2)19-90-91-20-27(50(87)88)59-49(86)24(5-10-36(71)54-15-30(65)41(78)44(81)33(68)18-62)57-48(85)26(7-12-38(74)75)58-46(83)23(4-9-35(70)53-14-29(64)40(77)43(80)32(67)17-61)56-47(84)25(6-11-37(72)73)55-45(82)22(51)3-8-34(69)52-13-28(63)39(76)42(79)31(66)16-60/h21-33,39-44,60-68,76-81H,3-20,51H2,1-2H3,(H,52,69)(H,53,70)(H,54,71)(H,55,82)(H,56,84)(H,57,85)(H,58,83)(H,59,86)(H,72,73)(H,74,75)(H,87,88). The van der Waals surface area contributed by atoms with Gasteiger partial charge in [0.1, 0.15) is 85.1 Å². The number of hydrogen-bond acceptors (Lipinski definition) is 30. The molecule has 0 spiro atoms. The second-order valence-corrected chi connectivity index (χ2v) is 23.2. The van der Waals surface area contributed by atoms with Crippen molar-refractivity contribution < 1.29 is 149 Å². The number of aliphatic hydroxyl groups is 15. The quantitative estimate of drug-likeness (QED) is 0.0199. The van der Waals surface area contributed by atoms with Crippen molar-refractivity contribution >= 4 is 86.8 Å². The molecular formula is C50H89N9O30S2. The van der Waals surface area contributed by atoms with Crippen molar-refractivity contribution in [1.29, 1.82) is 0 Å². The van der Waals surface area contributed by atoms with Gasteiger partial charge in [-0.05, 0) is 39.0 Å². The lowest BCUT2D eigenvalue weighted by molar-refractivity contribution is -0.142. The summed E-state index contributed by atoms with van der Waals surface area (Å²) in [7, 11) is 3.59. The normalized spacial score (nSPS) is 17.8. The van der Waals surface area contributed by atoms with Gasteiger partial charge < -0.3 is 145 Å². The van der Waals surface area contributed by atoms with Crippen molar-refractivity contribution in [3.8, 4) is 0 Å². The first-order valence-electron chi connectivity index (χ1n) is 28.1. The van der Waals surface area contributed by atoms with Crippen LogP contribution in [0.5, 0.6) is 0 Å². The van der Waals surface area contributed by atoms with E-state index in [1.165, 1.54) is 17.9 Å². The lowest BCUT2D eigenvalue weighted by atomic mass is 10.0. The summed E-state index contributed by atoms with van der Waals surface area (Å²) in [5.41, 5.74) is 5.96. The van der Waals surface area contributed by atoms with E-state index in [4.69, 9.17) is 25.8 Å². The van der Waals surface area contributed by atoms with E-state index in [0.717, 1.165) is 10.8 Å². The Kier molecular flexibility index (Phi) is 42.6. The number of carbonyl (C=O) groups excluding carboxylic acids is 8. The number of hydrogen-bond donors (Lipinski definition) is 27. The molecule has 0 aromatic heterocycles. The van der Waals surface area contributed by atoms with Crippen LogP contribution in [0.15, 0.2) is 0 Å².